The number of aryl methyl sites for hydroxylation is 1. The molecule has 6 nitrogen and oxygen atoms in total. The minimum Gasteiger partial charge on any atom is -0.488 e. The maximum Gasteiger partial charge on any atom is 0.323 e. The molecule has 0 radical (unpaired) electrons. The van der Waals surface area contributed by atoms with Crippen molar-refractivity contribution in [2.24, 2.45) is 0 Å². The molecular formula is C22H19N3O3. The van der Waals surface area contributed by atoms with Crippen molar-refractivity contribution in [3.05, 3.63) is 93.9 Å². The summed E-state index contributed by atoms with van der Waals surface area (Å²) >= 11 is 0. The van der Waals surface area contributed by atoms with Gasteiger partial charge >= 0.3 is 5.69 Å². The third-order valence-corrected chi connectivity index (χ3v) is 4.38. The van der Waals surface area contributed by atoms with Crippen molar-refractivity contribution >= 4 is 22.6 Å². The molecule has 0 fully saturated rings. The van der Waals surface area contributed by atoms with Crippen LogP contribution in [0.4, 0.5) is 5.69 Å². The van der Waals surface area contributed by atoms with Gasteiger partial charge in [0.25, 0.3) is 5.91 Å². The number of imidazole rings is 1. The molecular weight excluding hydrogens is 354 g/mol. The summed E-state index contributed by atoms with van der Waals surface area (Å²) in [4.78, 5) is 29.5. The van der Waals surface area contributed by atoms with Crippen LogP contribution >= 0.6 is 0 Å². The number of para-hydroxylation sites is 1. The lowest BCUT2D eigenvalue weighted by Gasteiger charge is -2.12. The number of rotatable bonds is 5. The Kier molecular flexibility index (Phi) is 4.68. The molecule has 0 saturated carbocycles. The first kappa shape index (κ1) is 17.6. The molecule has 4 rings (SSSR count). The molecule has 0 aliphatic carbocycles. The number of hydrogen-bond donors (Lipinski definition) is 3. The predicted molar refractivity (Wildman–Crippen MR) is 109 cm³/mol. The lowest BCUT2D eigenvalue weighted by molar-refractivity contribution is 0.102. The van der Waals surface area contributed by atoms with Crippen LogP contribution in [0.3, 0.4) is 0 Å². The number of aromatic nitrogens is 2. The van der Waals surface area contributed by atoms with Crippen LogP contribution in [-0.4, -0.2) is 15.9 Å². The molecule has 140 valence electrons. The average molecular weight is 373 g/mol. The molecule has 6 heteroatoms. The molecule has 28 heavy (non-hydrogen) atoms. The second-order valence-corrected chi connectivity index (χ2v) is 6.57. The van der Waals surface area contributed by atoms with Gasteiger partial charge in [-0.1, -0.05) is 42.0 Å². The van der Waals surface area contributed by atoms with Gasteiger partial charge in [-0.05, 0) is 42.8 Å². The molecule has 1 heterocycles. The number of hydrogen-bond acceptors (Lipinski definition) is 3. The first-order valence-electron chi connectivity index (χ1n) is 8.89. The van der Waals surface area contributed by atoms with Gasteiger partial charge in [0.05, 0.1) is 16.6 Å². The van der Waals surface area contributed by atoms with Gasteiger partial charge in [-0.25, -0.2) is 4.79 Å². The van der Waals surface area contributed by atoms with Crippen LogP contribution in [-0.2, 0) is 6.61 Å². The quantitative estimate of drug-likeness (QED) is 0.494. The summed E-state index contributed by atoms with van der Waals surface area (Å²) in [6, 6.07) is 20.4. The summed E-state index contributed by atoms with van der Waals surface area (Å²) in [5.74, 6) is 0.231. The third-order valence-electron chi connectivity index (χ3n) is 4.38. The van der Waals surface area contributed by atoms with E-state index >= 15 is 0 Å². The van der Waals surface area contributed by atoms with Crippen molar-refractivity contribution in [3.63, 3.8) is 0 Å². The fourth-order valence-corrected chi connectivity index (χ4v) is 3.05. The lowest BCUT2D eigenvalue weighted by atomic mass is 10.1. The van der Waals surface area contributed by atoms with E-state index in [0.29, 0.717) is 34.6 Å². The van der Waals surface area contributed by atoms with Crippen molar-refractivity contribution in [1.82, 2.24) is 9.97 Å². The van der Waals surface area contributed by atoms with Gasteiger partial charge in [-0.15, -0.1) is 0 Å². The van der Waals surface area contributed by atoms with Gasteiger partial charge in [0.2, 0.25) is 0 Å². The summed E-state index contributed by atoms with van der Waals surface area (Å²) in [7, 11) is 0. The fourth-order valence-electron chi connectivity index (χ4n) is 3.05. The number of anilines is 1. The number of fused-ring (bicyclic) bond motifs is 1. The molecule has 0 atom stereocenters. The molecule has 1 amide bonds. The van der Waals surface area contributed by atoms with E-state index in [1.54, 1.807) is 36.4 Å². The monoisotopic (exact) mass is 373 g/mol. The summed E-state index contributed by atoms with van der Waals surface area (Å²) in [6.07, 6.45) is 0. The number of carbonyl (C=O) groups is 1. The third kappa shape index (κ3) is 3.81. The first-order chi connectivity index (χ1) is 13.6. The molecule has 0 unspecified atom stereocenters. The Labute approximate surface area is 161 Å². The standard InChI is InChI=1S/C22H19N3O3/c1-14-5-4-6-15(11-14)13-28-20-8-3-2-7-17(20)21(26)23-16-9-10-18-19(12-16)25-22(27)24-18/h2-12H,13H2,1H3,(H,23,26)(H2,24,25,27). The number of amides is 1. The van der Waals surface area contributed by atoms with Gasteiger partial charge in [0.1, 0.15) is 12.4 Å². The van der Waals surface area contributed by atoms with E-state index in [9.17, 15) is 9.59 Å². The minimum absolute atomic E-state index is 0.280. The van der Waals surface area contributed by atoms with Gasteiger partial charge in [0.15, 0.2) is 0 Å². The van der Waals surface area contributed by atoms with E-state index in [1.165, 1.54) is 0 Å². The van der Waals surface area contributed by atoms with E-state index < -0.39 is 0 Å². The van der Waals surface area contributed by atoms with Crippen LogP contribution in [0.1, 0.15) is 21.5 Å². The largest absolute Gasteiger partial charge is 0.488 e. The van der Waals surface area contributed by atoms with E-state index in [2.05, 4.69) is 21.4 Å². The molecule has 0 aliphatic heterocycles. The van der Waals surface area contributed by atoms with Crippen molar-refractivity contribution in [3.8, 4) is 5.75 Å². The van der Waals surface area contributed by atoms with Gasteiger partial charge in [0, 0.05) is 5.69 Å². The van der Waals surface area contributed by atoms with Crippen LogP contribution in [0.25, 0.3) is 11.0 Å². The summed E-state index contributed by atoms with van der Waals surface area (Å²) in [5.41, 5.74) is 4.26. The van der Waals surface area contributed by atoms with E-state index in [0.717, 1.165) is 11.1 Å². The highest BCUT2D eigenvalue weighted by atomic mass is 16.5. The number of H-pyrrole nitrogens is 2. The molecule has 1 aromatic heterocycles. The summed E-state index contributed by atoms with van der Waals surface area (Å²) < 4.78 is 5.90. The molecule has 3 N–H and O–H groups in total. The maximum atomic E-state index is 12.8. The number of benzene rings is 3. The smallest absolute Gasteiger partial charge is 0.323 e. The number of ether oxygens (including phenoxy) is 1. The fraction of sp³-hybridized carbons (Fsp3) is 0.0909. The van der Waals surface area contributed by atoms with E-state index in [-0.39, 0.29) is 11.6 Å². The molecule has 3 aromatic carbocycles. The SMILES string of the molecule is Cc1cccc(COc2ccccc2C(=O)Nc2ccc3[nH]c(=O)[nH]c3c2)c1. The second kappa shape index (κ2) is 7.44. The number of aromatic amines is 2. The Hall–Kier alpha value is -3.80. The zero-order chi connectivity index (χ0) is 19.5. The number of nitrogens with one attached hydrogen (secondary N) is 3. The summed E-state index contributed by atoms with van der Waals surface area (Å²) in [6.45, 7) is 2.40. The Balaban J connectivity index is 1.52. The molecule has 0 bridgehead atoms. The van der Waals surface area contributed by atoms with Crippen molar-refractivity contribution in [2.75, 3.05) is 5.32 Å². The Bertz CT molecular complexity index is 1210. The topological polar surface area (TPSA) is 87.0 Å². The Morgan fingerprint density at radius 1 is 0.964 bits per heavy atom. The van der Waals surface area contributed by atoms with Gasteiger partial charge in [-0.3, -0.25) is 4.79 Å². The van der Waals surface area contributed by atoms with Crippen LogP contribution in [0.2, 0.25) is 0 Å². The lowest BCUT2D eigenvalue weighted by Crippen LogP contribution is -2.13. The predicted octanol–water partition coefficient (Wildman–Crippen LogP) is 4.00. The zero-order valence-corrected chi connectivity index (χ0v) is 15.3. The number of carbonyl (C=O) groups excluding carboxylic acids is 1. The Morgan fingerprint density at radius 2 is 1.79 bits per heavy atom. The molecule has 4 aromatic rings. The van der Waals surface area contributed by atoms with E-state index in [4.69, 9.17) is 4.74 Å². The molecule has 0 saturated heterocycles. The zero-order valence-electron chi connectivity index (χ0n) is 15.3. The maximum absolute atomic E-state index is 12.8. The highest BCUT2D eigenvalue weighted by Crippen LogP contribution is 2.22. The normalized spacial score (nSPS) is 10.8. The van der Waals surface area contributed by atoms with Crippen molar-refractivity contribution < 1.29 is 9.53 Å². The van der Waals surface area contributed by atoms with Gasteiger partial charge < -0.3 is 20.0 Å². The molecule has 0 spiro atoms. The van der Waals surface area contributed by atoms with Crippen LogP contribution in [0.5, 0.6) is 5.75 Å². The average Bonchev–Trinajstić information content (AvgIpc) is 3.06. The highest BCUT2D eigenvalue weighted by Gasteiger charge is 2.13. The van der Waals surface area contributed by atoms with E-state index in [1.807, 2.05) is 31.2 Å². The van der Waals surface area contributed by atoms with Crippen molar-refractivity contribution in [2.45, 2.75) is 13.5 Å². The van der Waals surface area contributed by atoms with Crippen molar-refractivity contribution in [1.29, 1.82) is 0 Å². The van der Waals surface area contributed by atoms with Gasteiger partial charge in [-0.2, -0.15) is 0 Å². The minimum atomic E-state index is -0.284. The van der Waals surface area contributed by atoms with Crippen LogP contribution in [0.15, 0.2) is 71.5 Å². The van der Waals surface area contributed by atoms with Crippen LogP contribution < -0.4 is 15.7 Å². The van der Waals surface area contributed by atoms with Crippen LogP contribution in [0, 0.1) is 6.92 Å². The first-order valence-corrected chi connectivity index (χ1v) is 8.89. The highest BCUT2D eigenvalue weighted by molar-refractivity contribution is 6.06. The molecule has 0 aliphatic rings. The summed E-state index contributed by atoms with van der Waals surface area (Å²) in [5, 5.41) is 2.85. The Morgan fingerprint density at radius 3 is 2.64 bits per heavy atom. The second-order valence-electron chi connectivity index (χ2n) is 6.57.